The number of hydrogen-bond donors (Lipinski definition) is 1. The van der Waals surface area contributed by atoms with E-state index in [4.69, 9.17) is 16.7 Å². The summed E-state index contributed by atoms with van der Waals surface area (Å²) in [6.07, 6.45) is 1.66. The Labute approximate surface area is 86.6 Å². The summed E-state index contributed by atoms with van der Waals surface area (Å²) in [4.78, 5) is 4.16. The molecule has 1 aromatic heterocycles. The van der Waals surface area contributed by atoms with Gasteiger partial charge in [0.25, 0.3) is 0 Å². The first kappa shape index (κ1) is 9.09. The van der Waals surface area contributed by atoms with E-state index < -0.39 is 0 Å². The summed E-state index contributed by atoms with van der Waals surface area (Å²) in [5, 5.41) is 9.71. The Kier molecular flexibility index (Phi) is 2.17. The predicted octanol–water partition coefficient (Wildman–Crippen LogP) is 2.45. The molecule has 2 aromatic rings. The molecule has 4 heteroatoms. The van der Waals surface area contributed by atoms with Gasteiger partial charge >= 0.3 is 0 Å². The van der Waals surface area contributed by atoms with Gasteiger partial charge in [-0.25, -0.2) is 4.98 Å². The van der Waals surface area contributed by atoms with Gasteiger partial charge in [-0.05, 0) is 24.3 Å². The molecule has 1 aromatic carbocycles. The fourth-order valence-corrected chi connectivity index (χ4v) is 1.43. The van der Waals surface area contributed by atoms with Crippen LogP contribution in [0, 0.1) is 0 Å². The fraction of sp³-hybridized carbons (Fsp3) is 0.100. The average Bonchev–Trinajstić information content (AvgIpc) is 2.50. The Morgan fingerprint density at radius 2 is 1.93 bits per heavy atom. The zero-order valence-electron chi connectivity index (χ0n) is 7.61. The molecule has 0 amide bonds. The monoisotopic (exact) mass is 208 g/mol. The Morgan fingerprint density at radius 1 is 1.29 bits per heavy atom. The third-order valence-corrected chi connectivity index (χ3v) is 2.45. The standard InChI is InChI=1S/C10H9ClN2O/c1-13-6-12-9(10(13)11)7-2-4-8(14)5-3-7/h2-6,14H,1H3. The molecule has 2 rings (SSSR count). The molecule has 0 saturated carbocycles. The van der Waals surface area contributed by atoms with Gasteiger partial charge in [0.1, 0.15) is 16.6 Å². The second kappa shape index (κ2) is 3.35. The number of phenols is 1. The van der Waals surface area contributed by atoms with Gasteiger partial charge in [-0.1, -0.05) is 11.6 Å². The van der Waals surface area contributed by atoms with E-state index in [9.17, 15) is 0 Å². The Bertz CT molecular complexity index is 448. The maximum absolute atomic E-state index is 9.12. The van der Waals surface area contributed by atoms with Gasteiger partial charge in [0.15, 0.2) is 0 Å². The lowest BCUT2D eigenvalue weighted by atomic mass is 10.2. The summed E-state index contributed by atoms with van der Waals surface area (Å²) in [5.74, 6) is 0.237. The molecule has 0 aliphatic carbocycles. The van der Waals surface area contributed by atoms with Gasteiger partial charge in [-0.2, -0.15) is 0 Å². The van der Waals surface area contributed by atoms with Crippen molar-refractivity contribution in [2.75, 3.05) is 0 Å². The summed E-state index contributed by atoms with van der Waals surface area (Å²) >= 11 is 6.02. The fourth-order valence-electron chi connectivity index (χ4n) is 1.23. The summed E-state index contributed by atoms with van der Waals surface area (Å²) in [6, 6.07) is 6.79. The van der Waals surface area contributed by atoms with Crippen molar-refractivity contribution in [3.8, 4) is 17.0 Å². The van der Waals surface area contributed by atoms with E-state index in [1.807, 2.05) is 7.05 Å². The van der Waals surface area contributed by atoms with Crippen molar-refractivity contribution in [3.63, 3.8) is 0 Å². The highest BCUT2D eigenvalue weighted by Gasteiger charge is 2.07. The summed E-state index contributed by atoms with van der Waals surface area (Å²) in [7, 11) is 1.83. The minimum atomic E-state index is 0.237. The van der Waals surface area contributed by atoms with E-state index in [-0.39, 0.29) is 5.75 Å². The molecule has 0 aliphatic rings. The molecule has 0 radical (unpaired) electrons. The van der Waals surface area contributed by atoms with Crippen LogP contribution in [0.3, 0.4) is 0 Å². The first-order chi connectivity index (χ1) is 6.68. The third kappa shape index (κ3) is 1.46. The van der Waals surface area contributed by atoms with Crippen LogP contribution in [0.25, 0.3) is 11.3 Å². The van der Waals surface area contributed by atoms with Crippen molar-refractivity contribution in [1.82, 2.24) is 9.55 Å². The van der Waals surface area contributed by atoms with Crippen molar-refractivity contribution in [1.29, 1.82) is 0 Å². The molecular weight excluding hydrogens is 200 g/mol. The molecule has 0 fully saturated rings. The molecule has 0 spiro atoms. The SMILES string of the molecule is Cn1cnc(-c2ccc(O)cc2)c1Cl. The van der Waals surface area contributed by atoms with E-state index in [2.05, 4.69) is 4.98 Å². The van der Waals surface area contributed by atoms with Gasteiger partial charge in [0, 0.05) is 12.6 Å². The molecule has 3 nitrogen and oxygen atoms in total. The minimum Gasteiger partial charge on any atom is -0.508 e. The third-order valence-electron chi connectivity index (χ3n) is 2.01. The van der Waals surface area contributed by atoms with Crippen LogP contribution in [-0.2, 0) is 7.05 Å². The number of phenolic OH excluding ortho intramolecular Hbond substituents is 1. The maximum Gasteiger partial charge on any atom is 0.136 e. The zero-order valence-corrected chi connectivity index (χ0v) is 8.36. The molecule has 0 saturated heterocycles. The number of hydrogen-bond acceptors (Lipinski definition) is 2. The second-order valence-corrected chi connectivity index (χ2v) is 3.40. The quantitative estimate of drug-likeness (QED) is 0.782. The highest BCUT2D eigenvalue weighted by molar-refractivity contribution is 6.32. The average molecular weight is 209 g/mol. The second-order valence-electron chi connectivity index (χ2n) is 3.04. The first-order valence-corrected chi connectivity index (χ1v) is 4.52. The Balaban J connectivity index is 2.49. The Hall–Kier alpha value is -1.48. The lowest BCUT2D eigenvalue weighted by molar-refractivity contribution is 0.475. The number of benzene rings is 1. The molecule has 72 valence electrons. The van der Waals surface area contributed by atoms with Crippen LogP contribution in [0.1, 0.15) is 0 Å². The topological polar surface area (TPSA) is 38.0 Å². The van der Waals surface area contributed by atoms with Crippen LogP contribution in [0.2, 0.25) is 5.15 Å². The van der Waals surface area contributed by atoms with Gasteiger partial charge < -0.3 is 9.67 Å². The highest BCUT2D eigenvalue weighted by Crippen LogP contribution is 2.26. The van der Waals surface area contributed by atoms with Crippen molar-refractivity contribution in [3.05, 3.63) is 35.7 Å². The van der Waals surface area contributed by atoms with E-state index in [0.29, 0.717) is 5.15 Å². The molecule has 1 heterocycles. The van der Waals surface area contributed by atoms with Crippen molar-refractivity contribution in [2.24, 2.45) is 7.05 Å². The number of rotatable bonds is 1. The normalized spacial score (nSPS) is 10.4. The van der Waals surface area contributed by atoms with Crippen LogP contribution in [0.15, 0.2) is 30.6 Å². The summed E-state index contributed by atoms with van der Waals surface area (Å²) in [6.45, 7) is 0. The lowest BCUT2D eigenvalue weighted by Crippen LogP contribution is -1.83. The molecule has 14 heavy (non-hydrogen) atoms. The van der Waals surface area contributed by atoms with Gasteiger partial charge in [0.05, 0.1) is 6.33 Å². The molecule has 0 atom stereocenters. The number of nitrogens with zero attached hydrogens (tertiary/aromatic N) is 2. The van der Waals surface area contributed by atoms with E-state index >= 15 is 0 Å². The summed E-state index contributed by atoms with van der Waals surface area (Å²) < 4.78 is 1.74. The van der Waals surface area contributed by atoms with Gasteiger partial charge in [-0.15, -0.1) is 0 Å². The van der Waals surface area contributed by atoms with Crippen LogP contribution in [-0.4, -0.2) is 14.7 Å². The van der Waals surface area contributed by atoms with E-state index in [1.54, 1.807) is 35.2 Å². The number of imidazole rings is 1. The minimum absolute atomic E-state index is 0.237. The van der Waals surface area contributed by atoms with Crippen molar-refractivity contribution in [2.45, 2.75) is 0 Å². The molecule has 0 aliphatic heterocycles. The Morgan fingerprint density at radius 3 is 2.43 bits per heavy atom. The molecule has 0 unspecified atom stereocenters. The van der Waals surface area contributed by atoms with E-state index in [0.717, 1.165) is 11.3 Å². The number of aryl methyl sites for hydroxylation is 1. The van der Waals surface area contributed by atoms with Crippen LogP contribution < -0.4 is 0 Å². The van der Waals surface area contributed by atoms with Crippen molar-refractivity contribution < 1.29 is 5.11 Å². The van der Waals surface area contributed by atoms with E-state index in [1.165, 1.54) is 0 Å². The predicted molar refractivity (Wildman–Crippen MR) is 55.3 cm³/mol. The van der Waals surface area contributed by atoms with Gasteiger partial charge in [-0.3, -0.25) is 0 Å². The number of aromatic hydroxyl groups is 1. The van der Waals surface area contributed by atoms with Gasteiger partial charge in [0.2, 0.25) is 0 Å². The highest BCUT2D eigenvalue weighted by atomic mass is 35.5. The lowest BCUT2D eigenvalue weighted by Gasteiger charge is -1.98. The first-order valence-electron chi connectivity index (χ1n) is 4.14. The van der Waals surface area contributed by atoms with Crippen LogP contribution in [0.5, 0.6) is 5.75 Å². The maximum atomic E-state index is 9.12. The largest absolute Gasteiger partial charge is 0.508 e. The molecule has 1 N–H and O–H groups in total. The van der Waals surface area contributed by atoms with Crippen LogP contribution >= 0.6 is 11.6 Å². The zero-order chi connectivity index (χ0) is 10.1. The van der Waals surface area contributed by atoms with Crippen LogP contribution in [0.4, 0.5) is 0 Å². The molecular formula is C10H9ClN2O. The smallest absolute Gasteiger partial charge is 0.136 e. The number of halogens is 1. The number of aromatic nitrogens is 2. The molecule has 0 bridgehead atoms. The van der Waals surface area contributed by atoms with Crippen molar-refractivity contribution >= 4 is 11.6 Å². The summed E-state index contributed by atoms with van der Waals surface area (Å²) in [5.41, 5.74) is 1.63.